The minimum Gasteiger partial charge on any atom is -0.411 e. The van der Waals surface area contributed by atoms with E-state index in [-0.39, 0.29) is 11.7 Å². The van der Waals surface area contributed by atoms with Gasteiger partial charge in [0.15, 0.2) is 0 Å². The van der Waals surface area contributed by atoms with Crippen LogP contribution < -0.4 is 5.32 Å². The maximum absolute atomic E-state index is 11.5. The van der Waals surface area contributed by atoms with Crippen molar-refractivity contribution in [2.45, 2.75) is 19.1 Å². The lowest BCUT2D eigenvalue weighted by Crippen LogP contribution is -2.24. The van der Waals surface area contributed by atoms with Crippen LogP contribution in [0.1, 0.15) is 11.1 Å². The molecule has 0 fully saturated rings. The SMILES string of the molecule is C=CCNC(=O)CSc1nnc(-c2ccc(C)c(C)c2)o1. The summed E-state index contributed by atoms with van der Waals surface area (Å²) in [7, 11) is 0. The number of aromatic nitrogens is 2. The van der Waals surface area contributed by atoms with Crippen molar-refractivity contribution in [3.05, 3.63) is 42.0 Å². The molecule has 0 aliphatic rings. The molecule has 0 unspecified atom stereocenters. The lowest BCUT2D eigenvalue weighted by Gasteiger charge is -2.01. The number of benzene rings is 1. The van der Waals surface area contributed by atoms with Gasteiger partial charge < -0.3 is 9.73 Å². The zero-order chi connectivity index (χ0) is 15.2. The molecule has 1 amide bonds. The summed E-state index contributed by atoms with van der Waals surface area (Å²) in [4.78, 5) is 11.5. The Kier molecular flexibility index (Phi) is 5.16. The molecule has 0 radical (unpaired) electrons. The molecule has 1 heterocycles. The number of nitrogens with one attached hydrogen (secondary N) is 1. The molecule has 0 aliphatic heterocycles. The molecule has 6 heteroatoms. The molecule has 1 aromatic carbocycles. The zero-order valence-corrected chi connectivity index (χ0v) is 12.9. The molecule has 5 nitrogen and oxygen atoms in total. The first-order chi connectivity index (χ1) is 10.1. The topological polar surface area (TPSA) is 68.0 Å². The summed E-state index contributed by atoms with van der Waals surface area (Å²) in [6.45, 7) is 8.08. The Morgan fingerprint density at radius 1 is 1.38 bits per heavy atom. The van der Waals surface area contributed by atoms with Crippen LogP contribution in [0.3, 0.4) is 0 Å². The molecular formula is C15H17N3O2S. The largest absolute Gasteiger partial charge is 0.411 e. The molecule has 21 heavy (non-hydrogen) atoms. The van der Waals surface area contributed by atoms with E-state index in [1.54, 1.807) is 6.08 Å². The van der Waals surface area contributed by atoms with Gasteiger partial charge in [0.25, 0.3) is 5.22 Å². The van der Waals surface area contributed by atoms with Gasteiger partial charge in [-0.2, -0.15) is 0 Å². The van der Waals surface area contributed by atoms with Crippen LogP contribution in [-0.2, 0) is 4.79 Å². The van der Waals surface area contributed by atoms with Crippen molar-refractivity contribution in [3.8, 4) is 11.5 Å². The second kappa shape index (κ2) is 7.08. The fourth-order valence-corrected chi connectivity index (χ4v) is 2.22. The number of hydrogen-bond donors (Lipinski definition) is 1. The van der Waals surface area contributed by atoms with E-state index in [1.807, 2.05) is 25.1 Å². The Morgan fingerprint density at radius 2 is 2.19 bits per heavy atom. The van der Waals surface area contributed by atoms with E-state index in [1.165, 1.54) is 22.9 Å². The molecule has 1 N–H and O–H groups in total. The van der Waals surface area contributed by atoms with Crippen LogP contribution in [0.2, 0.25) is 0 Å². The highest BCUT2D eigenvalue weighted by Crippen LogP contribution is 2.24. The molecule has 0 atom stereocenters. The van der Waals surface area contributed by atoms with E-state index < -0.39 is 0 Å². The van der Waals surface area contributed by atoms with Crippen molar-refractivity contribution in [2.24, 2.45) is 0 Å². The maximum atomic E-state index is 11.5. The van der Waals surface area contributed by atoms with Gasteiger partial charge in [0.2, 0.25) is 11.8 Å². The molecule has 0 aliphatic carbocycles. The van der Waals surface area contributed by atoms with Crippen LogP contribution in [-0.4, -0.2) is 28.4 Å². The summed E-state index contributed by atoms with van der Waals surface area (Å²) >= 11 is 1.22. The quantitative estimate of drug-likeness (QED) is 0.656. The molecule has 0 bridgehead atoms. The second-order valence-corrected chi connectivity index (χ2v) is 5.48. The van der Waals surface area contributed by atoms with Gasteiger partial charge in [-0.25, -0.2) is 0 Å². The number of carbonyl (C=O) groups is 1. The monoisotopic (exact) mass is 303 g/mol. The molecule has 0 saturated carbocycles. The van der Waals surface area contributed by atoms with E-state index in [9.17, 15) is 4.79 Å². The predicted octanol–water partition coefficient (Wildman–Crippen LogP) is 2.75. The average molecular weight is 303 g/mol. The third-order valence-electron chi connectivity index (χ3n) is 2.93. The zero-order valence-electron chi connectivity index (χ0n) is 12.0. The molecule has 1 aromatic heterocycles. The second-order valence-electron chi connectivity index (χ2n) is 4.55. The van der Waals surface area contributed by atoms with Gasteiger partial charge in [-0.1, -0.05) is 23.9 Å². The Morgan fingerprint density at radius 3 is 2.90 bits per heavy atom. The van der Waals surface area contributed by atoms with E-state index >= 15 is 0 Å². The average Bonchev–Trinajstić information content (AvgIpc) is 2.94. The highest BCUT2D eigenvalue weighted by molar-refractivity contribution is 7.99. The van der Waals surface area contributed by atoms with Crippen molar-refractivity contribution in [1.29, 1.82) is 0 Å². The Bertz CT molecular complexity index is 652. The van der Waals surface area contributed by atoms with Crippen LogP contribution >= 0.6 is 11.8 Å². The molecule has 0 saturated heterocycles. The van der Waals surface area contributed by atoms with Gasteiger partial charge in [0.1, 0.15) is 0 Å². The summed E-state index contributed by atoms with van der Waals surface area (Å²) in [6, 6.07) is 5.97. The smallest absolute Gasteiger partial charge is 0.277 e. The van der Waals surface area contributed by atoms with Crippen LogP contribution in [0.25, 0.3) is 11.5 Å². The summed E-state index contributed by atoms with van der Waals surface area (Å²) < 4.78 is 5.56. The Hall–Kier alpha value is -2.08. The first-order valence-electron chi connectivity index (χ1n) is 6.51. The lowest BCUT2D eigenvalue weighted by atomic mass is 10.1. The Labute approximate surface area is 127 Å². The van der Waals surface area contributed by atoms with Gasteiger partial charge in [0, 0.05) is 12.1 Å². The predicted molar refractivity (Wildman–Crippen MR) is 83.1 cm³/mol. The van der Waals surface area contributed by atoms with Crippen LogP contribution in [0.4, 0.5) is 0 Å². The number of amides is 1. The molecule has 0 spiro atoms. The molecule has 2 rings (SSSR count). The number of aryl methyl sites for hydroxylation is 2. The maximum Gasteiger partial charge on any atom is 0.277 e. The van der Waals surface area contributed by atoms with E-state index in [2.05, 4.69) is 29.0 Å². The van der Waals surface area contributed by atoms with Crippen molar-refractivity contribution >= 4 is 17.7 Å². The molecular weight excluding hydrogens is 286 g/mol. The lowest BCUT2D eigenvalue weighted by molar-refractivity contribution is -0.118. The van der Waals surface area contributed by atoms with E-state index in [4.69, 9.17) is 4.42 Å². The number of nitrogens with zero attached hydrogens (tertiary/aromatic N) is 2. The fraction of sp³-hybridized carbons (Fsp3) is 0.267. The molecule has 2 aromatic rings. The number of carbonyl (C=O) groups excluding carboxylic acids is 1. The van der Waals surface area contributed by atoms with Crippen molar-refractivity contribution in [1.82, 2.24) is 15.5 Å². The number of thioether (sulfide) groups is 1. The van der Waals surface area contributed by atoms with Crippen molar-refractivity contribution in [2.75, 3.05) is 12.3 Å². The first-order valence-corrected chi connectivity index (χ1v) is 7.50. The van der Waals surface area contributed by atoms with Crippen LogP contribution in [0.15, 0.2) is 40.5 Å². The van der Waals surface area contributed by atoms with Gasteiger partial charge in [-0.3, -0.25) is 4.79 Å². The van der Waals surface area contributed by atoms with Crippen molar-refractivity contribution < 1.29 is 9.21 Å². The van der Waals surface area contributed by atoms with Crippen LogP contribution in [0, 0.1) is 13.8 Å². The molecule has 110 valence electrons. The summed E-state index contributed by atoms with van der Waals surface area (Å²) in [6.07, 6.45) is 1.63. The van der Waals surface area contributed by atoms with E-state index in [0.29, 0.717) is 17.7 Å². The summed E-state index contributed by atoms with van der Waals surface area (Å²) in [5.41, 5.74) is 3.27. The third-order valence-corrected chi connectivity index (χ3v) is 3.75. The van der Waals surface area contributed by atoms with Gasteiger partial charge in [0.05, 0.1) is 5.75 Å². The van der Waals surface area contributed by atoms with Gasteiger partial charge >= 0.3 is 0 Å². The standard InChI is InChI=1S/C15H17N3O2S/c1-4-7-16-13(19)9-21-15-18-17-14(20-15)12-6-5-10(2)11(3)8-12/h4-6,8H,1,7,9H2,2-3H3,(H,16,19). The fourth-order valence-electron chi connectivity index (χ4n) is 1.62. The highest BCUT2D eigenvalue weighted by Gasteiger charge is 2.11. The van der Waals surface area contributed by atoms with Crippen LogP contribution in [0.5, 0.6) is 0 Å². The minimum atomic E-state index is -0.0918. The number of hydrogen-bond acceptors (Lipinski definition) is 5. The minimum absolute atomic E-state index is 0.0918. The first kappa shape index (κ1) is 15.3. The van der Waals surface area contributed by atoms with E-state index in [0.717, 1.165) is 5.56 Å². The highest BCUT2D eigenvalue weighted by atomic mass is 32.2. The van der Waals surface area contributed by atoms with Gasteiger partial charge in [-0.05, 0) is 37.1 Å². The van der Waals surface area contributed by atoms with Gasteiger partial charge in [-0.15, -0.1) is 16.8 Å². The normalized spacial score (nSPS) is 10.4. The Balaban J connectivity index is 1.99. The third kappa shape index (κ3) is 4.19. The summed E-state index contributed by atoms with van der Waals surface area (Å²) in [5, 5.41) is 11.0. The number of rotatable bonds is 6. The summed E-state index contributed by atoms with van der Waals surface area (Å²) in [5.74, 6) is 0.612. The van der Waals surface area contributed by atoms with Crippen molar-refractivity contribution in [3.63, 3.8) is 0 Å².